The number of hydrogen-bond donors (Lipinski definition) is 0. The quantitative estimate of drug-likeness (QED) is 0.312. The molecule has 0 rings (SSSR count). The summed E-state index contributed by atoms with van der Waals surface area (Å²) in [6.07, 6.45) is 0. The smallest absolute Gasteiger partial charge is 1.00 e. The van der Waals surface area contributed by atoms with Crippen molar-refractivity contribution < 1.29 is 122 Å². The Hall–Kier alpha value is 3.71. The molecular formula is Br4LaLi. The summed E-state index contributed by atoms with van der Waals surface area (Å²) >= 11 is 0. The Bertz CT molecular complexity index is 7.51. The van der Waals surface area contributed by atoms with Crippen LogP contribution in [0.15, 0.2) is 0 Å². The summed E-state index contributed by atoms with van der Waals surface area (Å²) in [6.45, 7) is 0. The molecule has 0 unspecified atom stereocenters. The first-order valence-corrected chi connectivity index (χ1v) is 0. The van der Waals surface area contributed by atoms with Crippen molar-refractivity contribution in [1.82, 2.24) is 0 Å². The summed E-state index contributed by atoms with van der Waals surface area (Å²) in [5.41, 5.74) is 0. The minimum atomic E-state index is 0. The van der Waals surface area contributed by atoms with E-state index in [1.807, 2.05) is 0 Å². The van der Waals surface area contributed by atoms with Crippen molar-refractivity contribution in [2.45, 2.75) is 0 Å². The largest absolute Gasteiger partial charge is 3.00 e. The third kappa shape index (κ3) is 25.2. The van der Waals surface area contributed by atoms with Crippen LogP contribution in [-0.4, -0.2) is 0 Å². The normalized spacial score (nSPS) is 0. The van der Waals surface area contributed by atoms with E-state index in [2.05, 4.69) is 0 Å². The molecule has 32 valence electrons. The molecule has 0 spiro atoms. The average molecular weight is 465 g/mol. The maximum absolute atomic E-state index is 0. The Morgan fingerprint density at radius 1 is 0.500 bits per heavy atom. The fourth-order valence-electron chi connectivity index (χ4n) is 0. The van der Waals surface area contributed by atoms with Gasteiger partial charge in [0.15, 0.2) is 0 Å². The summed E-state index contributed by atoms with van der Waals surface area (Å²) in [4.78, 5) is 0. The molecular weight excluding hydrogens is 465 g/mol. The van der Waals surface area contributed by atoms with Crippen molar-refractivity contribution in [3.8, 4) is 0 Å². The Balaban J connectivity index is 0. The van der Waals surface area contributed by atoms with Gasteiger partial charge in [-0.2, -0.15) is 0 Å². The number of halogens is 4. The molecule has 0 aromatic carbocycles. The molecule has 0 heterocycles. The molecule has 0 nitrogen and oxygen atoms in total. The van der Waals surface area contributed by atoms with Gasteiger partial charge in [-0.05, 0) is 0 Å². The van der Waals surface area contributed by atoms with Crippen LogP contribution in [-0.2, 0) is 0 Å². The van der Waals surface area contributed by atoms with Gasteiger partial charge in [0.25, 0.3) is 0 Å². The molecule has 0 N–H and O–H groups in total. The summed E-state index contributed by atoms with van der Waals surface area (Å²) in [6, 6.07) is 0. The Morgan fingerprint density at radius 3 is 0.500 bits per heavy atom. The molecule has 0 radical (unpaired) electrons. The molecule has 0 amide bonds. The molecule has 6 heteroatoms. The standard InChI is InChI=1S/4BrH.La.Li/h4*1H;;/q;;;;+3;+1/p-4. The Labute approximate surface area is 120 Å². The van der Waals surface area contributed by atoms with Gasteiger partial charge in [0, 0.05) is 0 Å². The van der Waals surface area contributed by atoms with Crippen LogP contribution in [0.4, 0.5) is 0 Å². The van der Waals surface area contributed by atoms with Gasteiger partial charge in [0.05, 0.1) is 0 Å². The SMILES string of the molecule is [Br-].[Br-].[Br-].[Br-].[La+3].[Li+]. The van der Waals surface area contributed by atoms with Gasteiger partial charge >= 0.3 is 54.5 Å². The van der Waals surface area contributed by atoms with Crippen molar-refractivity contribution in [2.24, 2.45) is 0 Å². The van der Waals surface area contributed by atoms with E-state index in [0.717, 1.165) is 0 Å². The van der Waals surface area contributed by atoms with Gasteiger partial charge < -0.3 is 67.9 Å². The Morgan fingerprint density at radius 2 is 0.500 bits per heavy atom. The van der Waals surface area contributed by atoms with Crippen molar-refractivity contribution in [1.29, 1.82) is 0 Å². The van der Waals surface area contributed by atoms with Crippen LogP contribution in [0.25, 0.3) is 0 Å². The van der Waals surface area contributed by atoms with E-state index in [1.54, 1.807) is 0 Å². The topological polar surface area (TPSA) is 0 Å². The van der Waals surface area contributed by atoms with Gasteiger partial charge in [-0.15, -0.1) is 0 Å². The predicted molar refractivity (Wildman–Crippen MR) is 0 cm³/mol. The van der Waals surface area contributed by atoms with Crippen LogP contribution in [0.1, 0.15) is 0 Å². The number of rotatable bonds is 0. The van der Waals surface area contributed by atoms with E-state index in [4.69, 9.17) is 0 Å². The molecule has 0 aromatic heterocycles. The van der Waals surface area contributed by atoms with E-state index in [0.29, 0.717) is 0 Å². The maximum Gasteiger partial charge on any atom is 3.00 e. The van der Waals surface area contributed by atoms with Gasteiger partial charge in [-0.25, -0.2) is 0 Å². The summed E-state index contributed by atoms with van der Waals surface area (Å²) in [5, 5.41) is 0. The molecule has 0 aliphatic carbocycles. The fraction of sp³-hybridized carbons (Fsp3) is 0. The molecule has 0 saturated carbocycles. The van der Waals surface area contributed by atoms with E-state index >= 15 is 0 Å². The van der Waals surface area contributed by atoms with E-state index in [9.17, 15) is 0 Å². The Kier molecular flexibility index (Phi) is 335. The zero-order chi connectivity index (χ0) is 0. The molecule has 0 fully saturated rings. The van der Waals surface area contributed by atoms with Gasteiger partial charge in [-0.1, -0.05) is 0 Å². The van der Waals surface area contributed by atoms with E-state index in [1.165, 1.54) is 0 Å². The third-order valence-corrected chi connectivity index (χ3v) is 0. The molecule has 0 aliphatic heterocycles. The number of hydrogen-bond acceptors (Lipinski definition) is 0. The second-order valence-corrected chi connectivity index (χ2v) is 0. The van der Waals surface area contributed by atoms with Gasteiger partial charge in [-0.3, -0.25) is 0 Å². The zero-order valence-electron chi connectivity index (χ0n) is 3.09. The van der Waals surface area contributed by atoms with Crippen LogP contribution in [0.3, 0.4) is 0 Å². The second kappa shape index (κ2) is 37.6. The minimum absolute atomic E-state index is 0. The van der Waals surface area contributed by atoms with Crippen LogP contribution >= 0.6 is 0 Å². The third-order valence-electron chi connectivity index (χ3n) is 0. The van der Waals surface area contributed by atoms with Crippen molar-refractivity contribution in [2.75, 3.05) is 0 Å². The van der Waals surface area contributed by atoms with E-state index < -0.39 is 0 Å². The molecule has 0 atom stereocenters. The summed E-state index contributed by atoms with van der Waals surface area (Å²) in [5.74, 6) is 0. The summed E-state index contributed by atoms with van der Waals surface area (Å²) in [7, 11) is 0. The molecule has 0 aliphatic rings. The monoisotopic (exact) mass is 462 g/mol. The van der Waals surface area contributed by atoms with Crippen LogP contribution in [0.5, 0.6) is 0 Å². The summed E-state index contributed by atoms with van der Waals surface area (Å²) < 4.78 is 0. The first kappa shape index (κ1) is 53.5. The first-order valence-electron chi connectivity index (χ1n) is 0. The van der Waals surface area contributed by atoms with E-state index in [-0.39, 0.29) is 122 Å². The van der Waals surface area contributed by atoms with Crippen molar-refractivity contribution in [3.63, 3.8) is 0 Å². The molecule has 0 aromatic rings. The van der Waals surface area contributed by atoms with Crippen LogP contribution in [0, 0.1) is 35.6 Å². The van der Waals surface area contributed by atoms with Gasteiger partial charge in [0.1, 0.15) is 0 Å². The van der Waals surface area contributed by atoms with Crippen molar-refractivity contribution in [3.05, 3.63) is 0 Å². The maximum atomic E-state index is 0. The minimum Gasteiger partial charge on any atom is -1.00 e. The second-order valence-electron chi connectivity index (χ2n) is 0. The van der Waals surface area contributed by atoms with Crippen LogP contribution < -0.4 is 86.8 Å². The fourth-order valence-corrected chi connectivity index (χ4v) is 0. The average Bonchev–Trinajstić information content (AvgIpc) is 0. The molecule has 0 bridgehead atoms. The predicted octanol–water partition coefficient (Wildman–Crippen LogP) is -15.0. The van der Waals surface area contributed by atoms with Crippen molar-refractivity contribution >= 4 is 0 Å². The first-order chi connectivity index (χ1) is 0. The van der Waals surface area contributed by atoms with Crippen LogP contribution in [0.2, 0.25) is 0 Å². The molecule has 0 saturated heterocycles. The zero-order valence-corrected chi connectivity index (χ0v) is 13.1. The van der Waals surface area contributed by atoms with Gasteiger partial charge in [0.2, 0.25) is 0 Å². The molecule has 6 heavy (non-hydrogen) atoms.